The Balaban J connectivity index is 1.56. The maximum atomic E-state index is 14.0. The summed E-state index contributed by atoms with van der Waals surface area (Å²) >= 11 is 0. The summed E-state index contributed by atoms with van der Waals surface area (Å²) in [6.45, 7) is 2.02. The molecule has 1 fully saturated rings. The van der Waals surface area contributed by atoms with Crippen molar-refractivity contribution in [2.75, 3.05) is 13.2 Å². The Bertz CT molecular complexity index is 895. The van der Waals surface area contributed by atoms with Crippen LogP contribution in [-0.4, -0.2) is 40.9 Å². The Morgan fingerprint density at radius 3 is 2.81 bits per heavy atom. The number of aryl methyl sites for hydroxylation is 1. The van der Waals surface area contributed by atoms with E-state index in [9.17, 15) is 12.8 Å². The van der Waals surface area contributed by atoms with E-state index in [1.165, 1.54) is 35.3 Å². The van der Waals surface area contributed by atoms with Crippen LogP contribution < -0.4 is 0 Å². The molecular formula is C17H21FN4O3S. The van der Waals surface area contributed by atoms with Gasteiger partial charge in [-0.3, -0.25) is 0 Å². The molecule has 1 aliphatic carbocycles. The molecule has 1 aromatic carbocycles. The fourth-order valence-corrected chi connectivity index (χ4v) is 4.59. The van der Waals surface area contributed by atoms with Crippen LogP contribution in [0.25, 0.3) is 0 Å². The lowest BCUT2D eigenvalue weighted by Gasteiger charge is -2.20. The van der Waals surface area contributed by atoms with Gasteiger partial charge in [0.1, 0.15) is 16.4 Å². The molecule has 2 aromatic rings. The minimum Gasteiger partial charge on any atom is -0.375 e. The molecule has 0 atom stereocenters. The zero-order valence-corrected chi connectivity index (χ0v) is 15.2. The molecule has 0 N–H and O–H groups in total. The van der Waals surface area contributed by atoms with Gasteiger partial charge in [-0.2, -0.15) is 4.31 Å². The maximum Gasteiger partial charge on any atom is 0.246 e. The minimum atomic E-state index is -3.93. The van der Waals surface area contributed by atoms with Crippen LogP contribution in [0, 0.1) is 11.7 Å². The van der Waals surface area contributed by atoms with E-state index in [4.69, 9.17) is 4.74 Å². The molecule has 7 nitrogen and oxygen atoms in total. The predicted octanol–water partition coefficient (Wildman–Crippen LogP) is 1.94. The Morgan fingerprint density at radius 2 is 2.04 bits per heavy atom. The van der Waals surface area contributed by atoms with Gasteiger partial charge in [-0.15, -0.1) is 5.10 Å². The smallest absolute Gasteiger partial charge is 0.246 e. The van der Waals surface area contributed by atoms with Crippen molar-refractivity contribution in [1.29, 1.82) is 0 Å². The van der Waals surface area contributed by atoms with Crippen molar-refractivity contribution in [2.24, 2.45) is 5.92 Å². The van der Waals surface area contributed by atoms with E-state index in [1.54, 1.807) is 4.68 Å². The van der Waals surface area contributed by atoms with E-state index in [2.05, 4.69) is 10.3 Å². The normalized spacial score (nSPS) is 18.5. The molecule has 4 rings (SSSR count). The first-order valence-corrected chi connectivity index (χ1v) is 10.2. The Labute approximate surface area is 151 Å². The van der Waals surface area contributed by atoms with Crippen molar-refractivity contribution in [2.45, 2.75) is 43.9 Å². The van der Waals surface area contributed by atoms with Crippen molar-refractivity contribution >= 4 is 10.0 Å². The van der Waals surface area contributed by atoms with E-state index in [0.717, 1.165) is 11.8 Å². The Hall–Kier alpha value is -1.84. The molecule has 0 spiro atoms. The van der Waals surface area contributed by atoms with Crippen LogP contribution >= 0.6 is 0 Å². The van der Waals surface area contributed by atoms with Gasteiger partial charge in [-0.1, -0.05) is 17.3 Å². The first-order chi connectivity index (χ1) is 12.6. The lowest BCUT2D eigenvalue weighted by molar-refractivity contribution is 0.108. The summed E-state index contributed by atoms with van der Waals surface area (Å²) in [7, 11) is -3.93. The molecule has 2 heterocycles. The largest absolute Gasteiger partial charge is 0.375 e. The minimum absolute atomic E-state index is 0.117. The second-order valence-electron chi connectivity index (χ2n) is 6.79. The number of nitrogens with zero attached hydrogens (tertiary/aromatic N) is 4. The number of aromatic nitrogens is 3. The SMILES string of the molecule is O=S(=O)(c1ccccc1F)N1CCCn2nnc(COCC3CC3)c2C1. The van der Waals surface area contributed by atoms with Crippen molar-refractivity contribution in [3.8, 4) is 0 Å². The van der Waals surface area contributed by atoms with Crippen LogP contribution in [0.15, 0.2) is 29.2 Å². The van der Waals surface area contributed by atoms with Gasteiger partial charge >= 0.3 is 0 Å². The average molecular weight is 380 g/mol. The molecule has 26 heavy (non-hydrogen) atoms. The van der Waals surface area contributed by atoms with Gasteiger partial charge < -0.3 is 4.74 Å². The second-order valence-corrected chi connectivity index (χ2v) is 8.69. The van der Waals surface area contributed by atoms with E-state index in [-0.39, 0.29) is 11.4 Å². The summed E-state index contributed by atoms with van der Waals surface area (Å²) in [4.78, 5) is -0.299. The highest BCUT2D eigenvalue weighted by atomic mass is 32.2. The molecule has 0 bridgehead atoms. The number of fused-ring (bicyclic) bond motifs is 1. The van der Waals surface area contributed by atoms with Crippen LogP contribution in [0.4, 0.5) is 4.39 Å². The first-order valence-electron chi connectivity index (χ1n) is 8.79. The van der Waals surface area contributed by atoms with Crippen molar-refractivity contribution in [1.82, 2.24) is 19.3 Å². The number of halogens is 1. The third kappa shape index (κ3) is 3.51. The number of hydrogen-bond donors (Lipinski definition) is 0. The van der Waals surface area contributed by atoms with Gasteiger partial charge in [-0.25, -0.2) is 17.5 Å². The molecule has 140 valence electrons. The first kappa shape index (κ1) is 17.6. The third-order valence-corrected chi connectivity index (χ3v) is 6.64. The van der Waals surface area contributed by atoms with Crippen LogP contribution in [0.2, 0.25) is 0 Å². The van der Waals surface area contributed by atoms with Crippen LogP contribution in [-0.2, 0) is 34.5 Å². The van der Waals surface area contributed by atoms with Gasteiger partial charge in [0.25, 0.3) is 0 Å². The van der Waals surface area contributed by atoms with Gasteiger partial charge in [0.15, 0.2) is 0 Å². The summed E-state index contributed by atoms with van der Waals surface area (Å²) in [6.07, 6.45) is 2.99. The summed E-state index contributed by atoms with van der Waals surface area (Å²) in [6, 6.07) is 5.46. The number of rotatable bonds is 6. The fourth-order valence-electron chi connectivity index (χ4n) is 3.08. The number of benzene rings is 1. The molecule has 0 amide bonds. The average Bonchev–Trinajstić information content (AvgIpc) is 3.40. The van der Waals surface area contributed by atoms with Crippen LogP contribution in [0.1, 0.15) is 30.7 Å². The zero-order valence-electron chi connectivity index (χ0n) is 14.3. The lowest BCUT2D eigenvalue weighted by atomic mass is 10.3. The lowest BCUT2D eigenvalue weighted by Crippen LogP contribution is -2.31. The highest BCUT2D eigenvalue weighted by molar-refractivity contribution is 7.89. The molecule has 1 aromatic heterocycles. The van der Waals surface area contributed by atoms with E-state index in [1.807, 2.05) is 0 Å². The summed E-state index contributed by atoms with van der Waals surface area (Å²) in [5, 5.41) is 8.28. The van der Waals surface area contributed by atoms with E-state index >= 15 is 0 Å². The quantitative estimate of drug-likeness (QED) is 0.765. The maximum absolute atomic E-state index is 14.0. The highest BCUT2D eigenvalue weighted by Gasteiger charge is 2.31. The van der Waals surface area contributed by atoms with Crippen LogP contribution in [0.3, 0.4) is 0 Å². The predicted molar refractivity (Wildman–Crippen MR) is 91.0 cm³/mol. The fraction of sp³-hybridized carbons (Fsp3) is 0.529. The molecule has 0 radical (unpaired) electrons. The molecular weight excluding hydrogens is 359 g/mol. The van der Waals surface area contributed by atoms with Gasteiger partial charge in [0, 0.05) is 19.7 Å². The molecule has 0 unspecified atom stereocenters. The van der Waals surface area contributed by atoms with Gasteiger partial charge in [0.05, 0.1) is 18.8 Å². The van der Waals surface area contributed by atoms with E-state index < -0.39 is 15.8 Å². The third-order valence-electron chi connectivity index (χ3n) is 4.77. The van der Waals surface area contributed by atoms with Crippen molar-refractivity contribution < 1.29 is 17.5 Å². The highest BCUT2D eigenvalue weighted by Crippen LogP contribution is 2.29. The Kier molecular flexibility index (Phi) is 4.76. The van der Waals surface area contributed by atoms with Crippen molar-refractivity contribution in [3.63, 3.8) is 0 Å². The number of hydrogen-bond acceptors (Lipinski definition) is 5. The molecule has 2 aliphatic rings. The topological polar surface area (TPSA) is 77.3 Å². The number of ether oxygens (including phenoxy) is 1. The van der Waals surface area contributed by atoms with Gasteiger partial charge in [-0.05, 0) is 37.3 Å². The summed E-state index contributed by atoms with van der Waals surface area (Å²) in [5.74, 6) is -0.0986. The van der Waals surface area contributed by atoms with Gasteiger partial charge in [0.2, 0.25) is 10.0 Å². The van der Waals surface area contributed by atoms with Crippen molar-refractivity contribution in [3.05, 3.63) is 41.5 Å². The molecule has 0 saturated heterocycles. The monoisotopic (exact) mass is 380 g/mol. The standard InChI is InChI=1S/C17H21FN4O3S/c18-14-4-1-2-5-17(14)26(23,24)21-8-3-9-22-16(10-21)15(19-20-22)12-25-11-13-6-7-13/h1-2,4-5,13H,3,6-12H2. The molecule has 9 heteroatoms. The summed E-state index contributed by atoms with van der Waals surface area (Å²) in [5.41, 5.74) is 1.37. The Morgan fingerprint density at radius 1 is 1.23 bits per heavy atom. The zero-order chi connectivity index (χ0) is 18.1. The summed E-state index contributed by atoms with van der Waals surface area (Å²) < 4.78 is 48.6. The molecule has 1 saturated carbocycles. The van der Waals surface area contributed by atoms with Crippen LogP contribution in [0.5, 0.6) is 0 Å². The van der Waals surface area contributed by atoms with E-state index in [0.29, 0.717) is 44.3 Å². The number of sulfonamides is 1. The second kappa shape index (κ2) is 7.05. The molecule has 1 aliphatic heterocycles.